The van der Waals surface area contributed by atoms with Crippen molar-refractivity contribution in [1.29, 1.82) is 0 Å². The average Bonchev–Trinajstić information content (AvgIpc) is 2.85. The summed E-state index contributed by atoms with van der Waals surface area (Å²) in [5.41, 5.74) is 3.39. The highest BCUT2D eigenvalue weighted by Crippen LogP contribution is 2.27. The molecule has 3 nitrogen and oxygen atoms in total. The highest BCUT2D eigenvalue weighted by atomic mass is 127. The van der Waals surface area contributed by atoms with Gasteiger partial charge in [-0.3, -0.25) is 4.79 Å². The summed E-state index contributed by atoms with van der Waals surface area (Å²) in [5, 5.41) is 2.98. The Morgan fingerprint density at radius 1 is 1.15 bits per heavy atom. The lowest BCUT2D eigenvalue weighted by Crippen LogP contribution is -2.32. The van der Waals surface area contributed by atoms with Gasteiger partial charge >= 0.3 is 0 Å². The molecule has 3 rings (SSSR count). The predicted molar refractivity (Wildman–Crippen MR) is 90.1 cm³/mol. The van der Waals surface area contributed by atoms with Gasteiger partial charge in [0.25, 0.3) is 0 Å². The van der Waals surface area contributed by atoms with Crippen molar-refractivity contribution in [2.75, 3.05) is 23.3 Å². The second-order valence-corrected chi connectivity index (χ2v) is 5.99. The van der Waals surface area contributed by atoms with Gasteiger partial charge < -0.3 is 10.2 Å². The highest BCUT2D eigenvalue weighted by molar-refractivity contribution is 14.1. The summed E-state index contributed by atoms with van der Waals surface area (Å²) in [4.78, 5) is 14.3. The Balaban J connectivity index is 1.68. The summed E-state index contributed by atoms with van der Waals surface area (Å²) in [6.45, 7) is 1.32. The van der Waals surface area contributed by atoms with Crippen molar-refractivity contribution >= 4 is 39.9 Å². The van der Waals surface area contributed by atoms with Crippen LogP contribution in [0.15, 0.2) is 48.5 Å². The molecule has 1 aliphatic rings. The van der Waals surface area contributed by atoms with Crippen LogP contribution in [0.5, 0.6) is 0 Å². The normalized spacial score (nSPS) is 13.2. The van der Waals surface area contributed by atoms with Crippen LogP contribution in [-0.2, 0) is 11.2 Å². The fraction of sp³-hybridized carbons (Fsp3) is 0.188. The molecule has 0 atom stereocenters. The standard InChI is InChI=1S/C16H15IN2O/c17-13-6-2-3-7-14(13)18-16(20)11-19-10-9-12-5-1-4-8-15(12)19/h1-8H,9-11H2,(H,18,20). The SMILES string of the molecule is O=C(CN1CCc2ccccc21)Nc1ccccc1I. The minimum absolute atomic E-state index is 0.0332. The monoisotopic (exact) mass is 378 g/mol. The van der Waals surface area contributed by atoms with Gasteiger partial charge in [0.15, 0.2) is 0 Å². The zero-order valence-electron chi connectivity index (χ0n) is 11.0. The van der Waals surface area contributed by atoms with Crippen molar-refractivity contribution in [2.45, 2.75) is 6.42 Å². The van der Waals surface area contributed by atoms with Crippen molar-refractivity contribution in [3.63, 3.8) is 0 Å². The van der Waals surface area contributed by atoms with Crippen LogP contribution in [0.2, 0.25) is 0 Å². The quantitative estimate of drug-likeness (QED) is 0.832. The summed E-state index contributed by atoms with van der Waals surface area (Å²) in [5.74, 6) is 0.0332. The van der Waals surface area contributed by atoms with Crippen LogP contribution < -0.4 is 10.2 Å². The molecule has 4 heteroatoms. The molecule has 0 saturated heterocycles. The first-order valence-corrected chi connectivity index (χ1v) is 7.69. The Hall–Kier alpha value is -1.56. The number of nitrogens with zero attached hydrogens (tertiary/aromatic N) is 1. The summed E-state index contributed by atoms with van der Waals surface area (Å²) in [7, 11) is 0. The summed E-state index contributed by atoms with van der Waals surface area (Å²) in [6, 6.07) is 16.1. The van der Waals surface area contributed by atoms with Gasteiger partial charge in [-0.2, -0.15) is 0 Å². The molecule has 102 valence electrons. The number of hydrogen-bond donors (Lipinski definition) is 1. The maximum Gasteiger partial charge on any atom is 0.243 e. The van der Waals surface area contributed by atoms with Crippen LogP contribution in [0, 0.1) is 3.57 Å². The van der Waals surface area contributed by atoms with E-state index in [0.29, 0.717) is 6.54 Å². The third-order valence-electron chi connectivity index (χ3n) is 3.47. The highest BCUT2D eigenvalue weighted by Gasteiger charge is 2.20. The van der Waals surface area contributed by atoms with Crippen LogP contribution in [0.1, 0.15) is 5.56 Å². The Bertz CT molecular complexity index is 642. The molecule has 0 saturated carbocycles. The summed E-state index contributed by atoms with van der Waals surface area (Å²) >= 11 is 2.23. The zero-order valence-corrected chi connectivity index (χ0v) is 13.1. The number of halogens is 1. The van der Waals surface area contributed by atoms with Crippen LogP contribution in [0.4, 0.5) is 11.4 Å². The molecule has 0 unspecified atom stereocenters. The number of carbonyl (C=O) groups is 1. The third-order valence-corrected chi connectivity index (χ3v) is 4.41. The average molecular weight is 378 g/mol. The smallest absolute Gasteiger partial charge is 0.243 e. The number of anilines is 2. The minimum atomic E-state index is 0.0332. The summed E-state index contributed by atoms with van der Waals surface area (Å²) < 4.78 is 1.06. The van der Waals surface area contributed by atoms with Crippen molar-refractivity contribution in [1.82, 2.24) is 0 Å². The fourth-order valence-corrected chi connectivity index (χ4v) is 3.02. The van der Waals surface area contributed by atoms with Gasteiger partial charge in [-0.15, -0.1) is 0 Å². The van der Waals surface area contributed by atoms with Crippen molar-refractivity contribution in [3.05, 3.63) is 57.7 Å². The second-order valence-electron chi connectivity index (χ2n) is 4.83. The number of benzene rings is 2. The van der Waals surface area contributed by atoms with Gasteiger partial charge in [0, 0.05) is 15.8 Å². The van der Waals surface area contributed by atoms with Gasteiger partial charge in [0.1, 0.15) is 0 Å². The first-order valence-electron chi connectivity index (χ1n) is 6.61. The maximum atomic E-state index is 12.2. The third kappa shape index (κ3) is 2.80. The number of para-hydroxylation sites is 2. The van der Waals surface area contributed by atoms with Gasteiger partial charge in [-0.25, -0.2) is 0 Å². The molecule has 0 spiro atoms. The van der Waals surface area contributed by atoms with Crippen molar-refractivity contribution in [2.24, 2.45) is 0 Å². The van der Waals surface area contributed by atoms with E-state index in [1.807, 2.05) is 30.3 Å². The molecule has 20 heavy (non-hydrogen) atoms. The number of hydrogen-bond acceptors (Lipinski definition) is 2. The van der Waals surface area contributed by atoms with Crippen LogP contribution in [0.3, 0.4) is 0 Å². The number of fused-ring (bicyclic) bond motifs is 1. The van der Waals surface area contributed by atoms with E-state index in [9.17, 15) is 4.79 Å². The number of amides is 1. The summed E-state index contributed by atoms with van der Waals surface area (Å²) in [6.07, 6.45) is 1.02. The molecule has 1 aliphatic heterocycles. The first kappa shape index (κ1) is 13.4. The number of nitrogens with one attached hydrogen (secondary N) is 1. The minimum Gasteiger partial charge on any atom is -0.362 e. The van der Waals surface area contributed by atoms with E-state index < -0.39 is 0 Å². The molecule has 0 aromatic heterocycles. The molecule has 2 aromatic carbocycles. The molecule has 1 heterocycles. The molecule has 0 aliphatic carbocycles. The first-order chi connectivity index (χ1) is 9.74. The Kier molecular flexibility index (Phi) is 3.91. The molecular weight excluding hydrogens is 363 g/mol. The lowest BCUT2D eigenvalue weighted by molar-refractivity contribution is -0.115. The van der Waals surface area contributed by atoms with Crippen molar-refractivity contribution < 1.29 is 4.79 Å². The van der Waals surface area contributed by atoms with Gasteiger partial charge in [0.2, 0.25) is 5.91 Å². The maximum absolute atomic E-state index is 12.2. The van der Waals surface area contributed by atoms with E-state index in [0.717, 1.165) is 22.2 Å². The molecular formula is C16H15IN2O. The van der Waals surface area contributed by atoms with Crippen LogP contribution in [0.25, 0.3) is 0 Å². The molecule has 1 amide bonds. The largest absolute Gasteiger partial charge is 0.362 e. The van der Waals surface area contributed by atoms with Gasteiger partial charge in [-0.05, 0) is 52.8 Å². The van der Waals surface area contributed by atoms with E-state index in [1.165, 1.54) is 11.3 Å². The molecule has 0 fully saturated rings. The molecule has 0 bridgehead atoms. The Labute approximate surface area is 132 Å². The van der Waals surface area contributed by atoms with E-state index in [1.54, 1.807) is 0 Å². The second kappa shape index (κ2) is 5.83. The zero-order chi connectivity index (χ0) is 13.9. The van der Waals surface area contributed by atoms with E-state index in [-0.39, 0.29) is 5.91 Å². The van der Waals surface area contributed by atoms with Gasteiger partial charge in [0.05, 0.1) is 12.2 Å². The molecule has 0 radical (unpaired) electrons. The lowest BCUT2D eigenvalue weighted by Gasteiger charge is -2.19. The Morgan fingerprint density at radius 2 is 1.90 bits per heavy atom. The van der Waals surface area contributed by atoms with Gasteiger partial charge in [-0.1, -0.05) is 30.3 Å². The van der Waals surface area contributed by atoms with E-state index in [2.05, 4.69) is 51.0 Å². The Morgan fingerprint density at radius 3 is 2.75 bits per heavy atom. The molecule has 1 N–H and O–H groups in total. The topological polar surface area (TPSA) is 32.3 Å². The number of rotatable bonds is 3. The predicted octanol–water partition coefficient (Wildman–Crippen LogP) is 3.29. The van der Waals surface area contributed by atoms with E-state index >= 15 is 0 Å². The lowest BCUT2D eigenvalue weighted by atomic mass is 10.2. The van der Waals surface area contributed by atoms with E-state index in [4.69, 9.17) is 0 Å². The van der Waals surface area contributed by atoms with Crippen molar-refractivity contribution in [3.8, 4) is 0 Å². The molecule has 2 aromatic rings. The van der Waals surface area contributed by atoms with Crippen LogP contribution in [-0.4, -0.2) is 19.0 Å². The number of carbonyl (C=O) groups excluding carboxylic acids is 1. The van der Waals surface area contributed by atoms with Crippen LogP contribution >= 0.6 is 22.6 Å². The fourth-order valence-electron chi connectivity index (χ4n) is 2.50.